The molecule has 0 atom stereocenters. The lowest BCUT2D eigenvalue weighted by molar-refractivity contribution is -0.274. The van der Waals surface area contributed by atoms with Crippen LogP contribution in [0.3, 0.4) is 0 Å². The van der Waals surface area contributed by atoms with Crippen molar-refractivity contribution in [2.24, 2.45) is 0 Å². The molecule has 0 heterocycles. The molecule has 0 saturated carbocycles. The lowest BCUT2D eigenvalue weighted by Crippen LogP contribution is -2.29. The van der Waals surface area contributed by atoms with Gasteiger partial charge in [-0.1, -0.05) is 6.07 Å². The van der Waals surface area contributed by atoms with Crippen LogP contribution < -0.4 is 14.8 Å². The van der Waals surface area contributed by atoms with Gasteiger partial charge in [-0.3, -0.25) is 4.79 Å². The van der Waals surface area contributed by atoms with Crippen LogP contribution in [0.25, 0.3) is 0 Å². The van der Waals surface area contributed by atoms with E-state index in [9.17, 15) is 26.7 Å². The molecule has 2 rings (SSSR count). The molecule has 1 amide bonds. The van der Waals surface area contributed by atoms with Crippen molar-refractivity contribution >= 4 is 5.91 Å². The summed E-state index contributed by atoms with van der Waals surface area (Å²) in [5, 5.41) is 2.28. The summed E-state index contributed by atoms with van der Waals surface area (Å²) in [6, 6.07) is 7.68. The third kappa shape index (κ3) is 5.63. The molecule has 9 heteroatoms. The van der Waals surface area contributed by atoms with Gasteiger partial charge in [0.2, 0.25) is 0 Å². The average molecular weight is 361 g/mol. The quantitative estimate of drug-likeness (QED) is 0.631. The molecule has 0 aliphatic heterocycles. The third-order valence-corrected chi connectivity index (χ3v) is 2.90. The van der Waals surface area contributed by atoms with Crippen LogP contribution in [0.15, 0.2) is 42.5 Å². The normalized spacial score (nSPS) is 11.1. The highest BCUT2D eigenvalue weighted by Crippen LogP contribution is 2.24. The zero-order valence-corrected chi connectivity index (χ0v) is 12.6. The summed E-state index contributed by atoms with van der Waals surface area (Å²) in [6.07, 6.45) is -4.78. The Kier molecular flexibility index (Phi) is 5.79. The van der Waals surface area contributed by atoms with Gasteiger partial charge in [-0.15, -0.1) is 13.2 Å². The van der Waals surface area contributed by atoms with E-state index in [0.717, 1.165) is 30.3 Å². The van der Waals surface area contributed by atoms with Crippen molar-refractivity contribution in [3.63, 3.8) is 0 Å². The number of nitrogens with one attached hydrogen (secondary N) is 1. The molecule has 0 radical (unpaired) electrons. The number of carbonyl (C=O) groups excluding carboxylic acids is 1. The standard InChI is InChI=1S/C16H12F5NO3/c17-12-2-1-3-13(18)14(12)15(23)22-8-9-24-10-4-6-11(7-5-10)25-16(19,20)21/h1-7H,8-9H2,(H,22,23). The number of alkyl halides is 3. The third-order valence-electron chi connectivity index (χ3n) is 2.90. The van der Waals surface area contributed by atoms with Gasteiger partial charge in [0.1, 0.15) is 35.3 Å². The first-order chi connectivity index (χ1) is 11.8. The van der Waals surface area contributed by atoms with Crippen LogP contribution in [-0.2, 0) is 0 Å². The number of ether oxygens (including phenoxy) is 2. The average Bonchev–Trinajstić information content (AvgIpc) is 2.51. The van der Waals surface area contributed by atoms with E-state index in [1.165, 1.54) is 12.1 Å². The van der Waals surface area contributed by atoms with E-state index in [4.69, 9.17) is 4.74 Å². The first-order valence-electron chi connectivity index (χ1n) is 6.97. The van der Waals surface area contributed by atoms with Crippen LogP contribution in [-0.4, -0.2) is 25.4 Å². The number of carbonyl (C=O) groups is 1. The number of rotatable bonds is 6. The Balaban J connectivity index is 1.80. The molecular formula is C16H12F5NO3. The second-order valence-corrected chi connectivity index (χ2v) is 4.72. The lowest BCUT2D eigenvalue weighted by atomic mass is 10.2. The predicted octanol–water partition coefficient (Wildman–Crippen LogP) is 3.67. The monoisotopic (exact) mass is 361 g/mol. The van der Waals surface area contributed by atoms with E-state index < -0.39 is 35.2 Å². The molecule has 0 aromatic heterocycles. The minimum atomic E-state index is -4.78. The highest BCUT2D eigenvalue weighted by atomic mass is 19.4. The summed E-state index contributed by atoms with van der Waals surface area (Å²) < 4.78 is 71.8. The largest absolute Gasteiger partial charge is 0.573 e. The van der Waals surface area contributed by atoms with E-state index in [-0.39, 0.29) is 18.9 Å². The minimum absolute atomic E-state index is 0.0543. The predicted molar refractivity (Wildman–Crippen MR) is 77.3 cm³/mol. The van der Waals surface area contributed by atoms with E-state index in [0.29, 0.717) is 0 Å². The molecule has 0 aliphatic rings. The fraction of sp³-hybridized carbons (Fsp3) is 0.188. The highest BCUT2D eigenvalue weighted by molar-refractivity contribution is 5.94. The first kappa shape index (κ1) is 18.5. The maximum Gasteiger partial charge on any atom is 0.573 e. The Bertz CT molecular complexity index is 711. The zero-order chi connectivity index (χ0) is 18.4. The second-order valence-electron chi connectivity index (χ2n) is 4.72. The minimum Gasteiger partial charge on any atom is -0.492 e. The molecule has 0 aliphatic carbocycles. The first-order valence-corrected chi connectivity index (χ1v) is 6.97. The molecule has 0 spiro atoms. The van der Waals surface area contributed by atoms with Crippen LogP contribution in [0.2, 0.25) is 0 Å². The van der Waals surface area contributed by atoms with Crippen molar-refractivity contribution in [2.45, 2.75) is 6.36 Å². The topological polar surface area (TPSA) is 47.6 Å². The van der Waals surface area contributed by atoms with Gasteiger partial charge in [0.05, 0.1) is 6.54 Å². The molecule has 134 valence electrons. The number of benzene rings is 2. The Morgan fingerprint density at radius 3 is 2.08 bits per heavy atom. The van der Waals surface area contributed by atoms with Crippen molar-refractivity contribution < 1.29 is 36.2 Å². The molecule has 2 aromatic carbocycles. The van der Waals surface area contributed by atoms with Crippen molar-refractivity contribution in [3.8, 4) is 11.5 Å². The van der Waals surface area contributed by atoms with Gasteiger partial charge < -0.3 is 14.8 Å². The molecule has 0 unspecified atom stereocenters. The van der Waals surface area contributed by atoms with Gasteiger partial charge in [0.15, 0.2) is 0 Å². The number of amides is 1. The van der Waals surface area contributed by atoms with Gasteiger partial charge in [-0.2, -0.15) is 0 Å². The molecule has 25 heavy (non-hydrogen) atoms. The van der Waals surface area contributed by atoms with Crippen molar-refractivity contribution in [2.75, 3.05) is 13.2 Å². The number of hydrogen-bond donors (Lipinski definition) is 1. The van der Waals surface area contributed by atoms with E-state index in [1.54, 1.807) is 0 Å². The fourth-order valence-corrected chi connectivity index (χ4v) is 1.87. The molecule has 4 nitrogen and oxygen atoms in total. The summed E-state index contributed by atoms with van der Waals surface area (Å²) in [4.78, 5) is 11.7. The second kappa shape index (κ2) is 7.82. The maximum absolute atomic E-state index is 13.4. The molecule has 0 bridgehead atoms. The van der Waals surface area contributed by atoms with Gasteiger partial charge in [-0.25, -0.2) is 8.78 Å². The van der Waals surface area contributed by atoms with Gasteiger partial charge >= 0.3 is 6.36 Å². The Labute approximate surface area is 139 Å². The SMILES string of the molecule is O=C(NCCOc1ccc(OC(F)(F)F)cc1)c1c(F)cccc1F. The zero-order valence-electron chi connectivity index (χ0n) is 12.6. The number of hydrogen-bond acceptors (Lipinski definition) is 3. The van der Waals surface area contributed by atoms with Crippen LogP contribution in [0.1, 0.15) is 10.4 Å². The van der Waals surface area contributed by atoms with Crippen molar-refractivity contribution in [1.29, 1.82) is 0 Å². The van der Waals surface area contributed by atoms with Crippen molar-refractivity contribution in [3.05, 3.63) is 59.7 Å². The summed E-state index contributed by atoms with van der Waals surface area (Å²) in [5.74, 6) is -3.07. The molecule has 0 fully saturated rings. The Morgan fingerprint density at radius 2 is 1.52 bits per heavy atom. The summed E-state index contributed by atoms with van der Waals surface area (Å²) in [7, 11) is 0. The fourth-order valence-electron chi connectivity index (χ4n) is 1.87. The van der Waals surface area contributed by atoms with Crippen molar-refractivity contribution in [1.82, 2.24) is 5.32 Å². The summed E-state index contributed by atoms with van der Waals surface area (Å²) >= 11 is 0. The Hall–Kier alpha value is -2.84. The van der Waals surface area contributed by atoms with Gasteiger partial charge in [0.25, 0.3) is 5.91 Å². The molecule has 1 N–H and O–H groups in total. The summed E-state index contributed by atoms with van der Waals surface area (Å²) in [5.41, 5.74) is -0.698. The van der Waals surface area contributed by atoms with Crippen LogP contribution >= 0.6 is 0 Å². The van der Waals surface area contributed by atoms with Gasteiger partial charge in [0, 0.05) is 0 Å². The summed E-state index contributed by atoms with van der Waals surface area (Å²) in [6.45, 7) is -0.116. The van der Waals surface area contributed by atoms with E-state index in [2.05, 4.69) is 10.1 Å². The van der Waals surface area contributed by atoms with Crippen LogP contribution in [0.5, 0.6) is 11.5 Å². The maximum atomic E-state index is 13.4. The molecular weight excluding hydrogens is 349 g/mol. The van der Waals surface area contributed by atoms with Gasteiger partial charge in [-0.05, 0) is 36.4 Å². The van der Waals surface area contributed by atoms with E-state index in [1.807, 2.05) is 0 Å². The highest BCUT2D eigenvalue weighted by Gasteiger charge is 2.30. The molecule has 0 saturated heterocycles. The van der Waals surface area contributed by atoms with Crippen LogP contribution in [0.4, 0.5) is 22.0 Å². The Morgan fingerprint density at radius 1 is 0.960 bits per heavy atom. The lowest BCUT2D eigenvalue weighted by Gasteiger charge is -2.11. The smallest absolute Gasteiger partial charge is 0.492 e. The molecule has 2 aromatic rings. The van der Waals surface area contributed by atoms with Crippen LogP contribution in [0, 0.1) is 11.6 Å². The van der Waals surface area contributed by atoms with E-state index >= 15 is 0 Å². The number of halogens is 5.